The maximum atomic E-state index is 11.6. The average molecular weight is 289 g/mol. The Bertz CT molecular complexity index is 496. The summed E-state index contributed by atoms with van der Waals surface area (Å²) >= 11 is 5.60. The Morgan fingerprint density at radius 2 is 1.58 bits per heavy atom. The number of halogens is 1. The summed E-state index contributed by atoms with van der Waals surface area (Å²) in [7, 11) is 0. The molecular formula is C11H9ClO7. The number of esters is 1. The molecule has 0 spiro atoms. The summed E-state index contributed by atoms with van der Waals surface area (Å²) < 4.78 is 4.45. The summed E-state index contributed by atoms with van der Waals surface area (Å²) in [6, 6.07) is 5.30. The Morgan fingerprint density at radius 3 is 2.00 bits per heavy atom. The molecule has 1 aromatic rings. The molecule has 0 heterocycles. The van der Waals surface area contributed by atoms with Crippen molar-refractivity contribution in [3.8, 4) is 0 Å². The van der Waals surface area contributed by atoms with E-state index in [1.807, 2.05) is 0 Å². The maximum absolute atomic E-state index is 11.6. The minimum absolute atomic E-state index is 0.0201. The quantitative estimate of drug-likeness (QED) is 0.670. The molecule has 0 amide bonds. The van der Waals surface area contributed by atoms with E-state index in [4.69, 9.17) is 26.9 Å². The molecule has 19 heavy (non-hydrogen) atoms. The van der Waals surface area contributed by atoms with Gasteiger partial charge in [0.25, 0.3) is 0 Å². The second-order valence-electron chi connectivity index (χ2n) is 3.45. The van der Waals surface area contributed by atoms with Gasteiger partial charge in [0.2, 0.25) is 6.10 Å². The Balaban J connectivity index is 2.85. The second-order valence-corrected chi connectivity index (χ2v) is 3.89. The molecule has 0 fully saturated rings. The Hall–Kier alpha value is -2.12. The van der Waals surface area contributed by atoms with Crippen LogP contribution in [-0.2, 0) is 14.3 Å². The summed E-state index contributed by atoms with van der Waals surface area (Å²) in [4.78, 5) is 32.8. The first kappa shape index (κ1) is 14.9. The Morgan fingerprint density at radius 1 is 1.05 bits per heavy atom. The van der Waals surface area contributed by atoms with Crippen LogP contribution in [0.2, 0.25) is 5.02 Å². The highest BCUT2D eigenvalue weighted by molar-refractivity contribution is 6.30. The summed E-state index contributed by atoms with van der Waals surface area (Å²) in [5.41, 5.74) is -0.0201. The van der Waals surface area contributed by atoms with Gasteiger partial charge >= 0.3 is 17.9 Å². The molecule has 0 saturated carbocycles. The number of carboxylic acid groups (broad SMARTS) is 2. The van der Waals surface area contributed by atoms with E-state index in [0.29, 0.717) is 5.02 Å². The largest absolute Gasteiger partial charge is 0.479 e. The van der Waals surface area contributed by atoms with E-state index in [1.54, 1.807) is 0 Å². The Labute approximate surface area is 112 Å². The zero-order valence-electron chi connectivity index (χ0n) is 9.32. The van der Waals surface area contributed by atoms with E-state index < -0.39 is 30.1 Å². The molecule has 0 aliphatic rings. The van der Waals surface area contributed by atoms with Gasteiger partial charge in [-0.05, 0) is 24.3 Å². The number of benzene rings is 1. The number of rotatable bonds is 5. The standard InChI is InChI=1S/C11H9ClO7/c12-6-3-1-5(2-4-6)11(18)19-8(10(16)17)7(13)9(14)15/h1-4,7-8,13H,(H,14,15)(H,16,17). The molecule has 7 nitrogen and oxygen atoms in total. The number of carbonyl (C=O) groups excluding carboxylic acids is 1. The second kappa shape index (κ2) is 6.17. The highest BCUT2D eigenvalue weighted by Crippen LogP contribution is 2.12. The molecule has 2 atom stereocenters. The van der Waals surface area contributed by atoms with Gasteiger partial charge in [0.15, 0.2) is 6.10 Å². The van der Waals surface area contributed by atoms with Crippen molar-refractivity contribution in [3.05, 3.63) is 34.9 Å². The fourth-order valence-corrected chi connectivity index (χ4v) is 1.27. The van der Waals surface area contributed by atoms with Crippen molar-refractivity contribution >= 4 is 29.5 Å². The monoisotopic (exact) mass is 288 g/mol. The fourth-order valence-electron chi connectivity index (χ4n) is 1.15. The summed E-state index contributed by atoms with van der Waals surface area (Å²) in [5.74, 6) is -4.65. The fraction of sp³-hybridized carbons (Fsp3) is 0.182. The molecule has 0 aromatic heterocycles. The first-order chi connectivity index (χ1) is 8.82. The number of hydrogen-bond donors (Lipinski definition) is 3. The SMILES string of the molecule is O=C(OC(C(=O)O)C(O)C(=O)O)c1ccc(Cl)cc1. The van der Waals surface area contributed by atoms with Crippen LogP contribution in [0.15, 0.2) is 24.3 Å². The highest BCUT2D eigenvalue weighted by Gasteiger charge is 2.35. The van der Waals surface area contributed by atoms with Crippen molar-refractivity contribution in [3.63, 3.8) is 0 Å². The summed E-state index contributed by atoms with van der Waals surface area (Å²) in [6.45, 7) is 0. The van der Waals surface area contributed by atoms with Gasteiger partial charge in [-0.1, -0.05) is 11.6 Å². The lowest BCUT2D eigenvalue weighted by Crippen LogP contribution is -2.43. The van der Waals surface area contributed by atoms with Gasteiger partial charge in [-0.25, -0.2) is 14.4 Å². The molecule has 0 saturated heterocycles. The summed E-state index contributed by atoms with van der Waals surface area (Å²) in [5, 5.41) is 26.7. The van der Waals surface area contributed by atoms with Gasteiger partial charge in [0.05, 0.1) is 5.56 Å². The lowest BCUT2D eigenvalue weighted by Gasteiger charge is -2.16. The van der Waals surface area contributed by atoms with Gasteiger partial charge in [-0.3, -0.25) is 0 Å². The molecule has 2 unspecified atom stereocenters. The average Bonchev–Trinajstić information content (AvgIpc) is 2.35. The van der Waals surface area contributed by atoms with E-state index in [9.17, 15) is 14.4 Å². The topological polar surface area (TPSA) is 121 Å². The first-order valence-corrected chi connectivity index (χ1v) is 5.31. The molecule has 0 aliphatic heterocycles. The van der Waals surface area contributed by atoms with Gasteiger partial charge in [0, 0.05) is 5.02 Å². The van der Waals surface area contributed by atoms with E-state index in [-0.39, 0.29) is 5.56 Å². The number of hydrogen-bond acceptors (Lipinski definition) is 5. The van der Waals surface area contributed by atoms with Crippen molar-refractivity contribution < 1.29 is 34.4 Å². The summed E-state index contributed by atoms with van der Waals surface area (Å²) in [6.07, 6.45) is -4.55. The van der Waals surface area contributed by atoms with Crippen LogP contribution in [0.1, 0.15) is 10.4 Å². The van der Waals surface area contributed by atoms with E-state index in [2.05, 4.69) is 4.74 Å². The van der Waals surface area contributed by atoms with Crippen LogP contribution in [-0.4, -0.2) is 45.4 Å². The van der Waals surface area contributed by atoms with Crippen LogP contribution in [0.5, 0.6) is 0 Å². The smallest absolute Gasteiger partial charge is 0.348 e. The number of aliphatic carboxylic acids is 2. The van der Waals surface area contributed by atoms with Crippen molar-refractivity contribution in [2.45, 2.75) is 12.2 Å². The molecule has 8 heteroatoms. The number of ether oxygens (including phenoxy) is 1. The zero-order valence-corrected chi connectivity index (χ0v) is 10.1. The van der Waals surface area contributed by atoms with Crippen molar-refractivity contribution in [1.29, 1.82) is 0 Å². The minimum atomic E-state index is -2.35. The molecular weight excluding hydrogens is 280 g/mol. The first-order valence-electron chi connectivity index (χ1n) is 4.93. The lowest BCUT2D eigenvalue weighted by atomic mass is 10.2. The van der Waals surface area contributed by atoms with Crippen LogP contribution in [0, 0.1) is 0 Å². The molecule has 102 valence electrons. The minimum Gasteiger partial charge on any atom is -0.479 e. The van der Waals surface area contributed by atoms with Crippen LogP contribution in [0.25, 0.3) is 0 Å². The van der Waals surface area contributed by atoms with Crippen LogP contribution < -0.4 is 0 Å². The van der Waals surface area contributed by atoms with Crippen LogP contribution in [0.4, 0.5) is 0 Å². The molecule has 3 N–H and O–H groups in total. The normalized spacial score (nSPS) is 13.4. The van der Waals surface area contributed by atoms with Gasteiger partial charge in [-0.2, -0.15) is 0 Å². The molecule has 0 aliphatic carbocycles. The maximum Gasteiger partial charge on any atom is 0.348 e. The van der Waals surface area contributed by atoms with Gasteiger partial charge < -0.3 is 20.1 Å². The lowest BCUT2D eigenvalue weighted by molar-refractivity contribution is -0.166. The Kier molecular flexibility index (Phi) is 4.85. The molecule has 1 rings (SSSR count). The van der Waals surface area contributed by atoms with Crippen molar-refractivity contribution in [2.75, 3.05) is 0 Å². The zero-order chi connectivity index (χ0) is 14.6. The van der Waals surface area contributed by atoms with Gasteiger partial charge in [0.1, 0.15) is 0 Å². The van der Waals surface area contributed by atoms with Crippen molar-refractivity contribution in [1.82, 2.24) is 0 Å². The molecule has 1 aromatic carbocycles. The van der Waals surface area contributed by atoms with Crippen LogP contribution >= 0.6 is 11.6 Å². The third-order valence-corrected chi connectivity index (χ3v) is 2.35. The third-order valence-electron chi connectivity index (χ3n) is 2.10. The third kappa shape index (κ3) is 3.94. The van der Waals surface area contributed by atoms with E-state index in [1.165, 1.54) is 24.3 Å². The van der Waals surface area contributed by atoms with E-state index >= 15 is 0 Å². The predicted molar refractivity (Wildman–Crippen MR) is 61.9 cm³/mol. The van der Waals surface area contributed by atoms with E-state index in [0.717, 1.165) is 0 Å². The number of aliphatic hydroxyl groups excluding tert-OH is 1. The van der Waals surface area contributed by atoms with Gasteiger partial charge in [-0.15, -0.1) is 0 Å². The molecule has 0 bridgehead atoms. The molecule has 0 radical (unpaired) electrons. The number of aliphatic hydroxyl groups is 1. The number of carbonyl (C=O) groups is 3. The van der Waals surface area contributed by atoms with Crippen molar-refractivity contribution in [2.24, 2.45) is 0 Å². The number of carboxylic acids is 2. The van der Waals surface area contributed by atoms with Crippen LogP contribution in [0.3, 0.4) is 0 Å². The highest BCUT2D eigenvalue weighted by atomic mass is 35.5. The predicted octanol–water partition coefficient (Wildman–Crippen LogP) is 0.396.